The molecular weight excluding hydrogens is 349 g/mol. The monoisotopic (exact) mass is 365 g/mol. The minimum absolute atomic E-state index is 0.0205. The first kappa shape index (κ1) is 18.6. The number of carbonyl (C=O) groups is 2. The Morgan fingerprint density at radius 3 is 2.24 bits per heavy atom. The molecule has 2 aromatic rings. The Hall–Kier alpha value is -2.74. The van der Waals surface area contributed by atoms with Crippen LogP contribution >= 0.6 is 0 Å². The smallest absolute Gasteiger partial charge is 0.338 e. The average molecular weight is 365 g/mol. The molecule has 0 aliphatic carbocycles. The van der Waals surface area contributed by atoms with E-state index in [2.05, 4.69) is 5.32 Å². The van der Waals surface area contributed by atoms with Crippen LogP contribution in [0.3, 0.4) is 0 Å². The molecule has 2 rings (SSSR count). The van der Waals surface area contributed by atoms with Gasteiger partial charge in [0.15, 0.2) is 15.9 Å². The van der Waals surface area contributed by atoms with Gasteiger partial charge in [0.05, 0.1) is 16.1 Å². The second-order valence-electron chi connectivity index (χ2n) is 5.31. The zero-order valence-corrected chi connectivity index (χ0v) is 14.3. The fraction of sp³-hybridized carbons (Fsp3) is 0.176. The van der Waals surface area contributed by atoms with Crippen LogP contribution in [0.4, 0.5) is 10.1 Å². The topological polar surface area (TPSA) is 89.5 Å². The number of sulfone groups is 1. The highest BCUT2D eigenvalue weighted by atomic mass is 32.2. The van der Waals surface area contributed by atoms with Crippen molar-refractivity contribution >= 4 is 27.4 Å². The Morgan fingerprint density at radius 1 is 1.08 bits per heavy atom. The number of halogens is 1. The summed E-state index contributed by atoms with van der Waals surface area (Å²) in [4.78, 5) is 24.1. The molecule has 8 heteroatoms. The van der Waals surface area contributed by atoms with E-state index in [0.29, 0.717) is 0 Å². The zero-order chi connectivity index (χ0) is 18.6. The lowest BCUT2D eigenvalue weighted by molar-refractivity contribution is -0.123. The minimum atomic E-state index is -3.37. The molecule has 0 heterocycles. The van der Waals surface area contributed by atoms with Crippen molar-refractivity contribution in [3.8, 4) is 0 Å². The number of anilines is 1. The second kappa shape index (κ2) is 7.43. The maximum Gasteiger partial charge on any atom is 0.338 e. The highest BCUT2D eigenvalue weighted by Crippen LogP contribution is 2.14. The van der Waals surface area contributed by atoms with E-state index in [4.69, 9.17) is 4.74 Å². The van der Waals surface area contributed by atoms with Gasteiger partial charge in [0.1, 0.15) is 5.82 Å². The highest BCUT2D eigenvalue weighted by molar-refractivity contribution is 7.90. The predicted molar refractivity (Wildman–Crippen MR) is 89.5 cm³/mol. The van der Waals surface area contributed by atoms with Gasteiger partial charge in [0, 0.05) is 6.26 Å². The average Bonchev–Trinajstić information content (AvgIpc) is 2.56. The lowest BCUT2D eigenvalue weighted by Crippen LogP contribution is -2.30. The van der Waals surface area contributed by atoms with Gasteiger partial charge in [0.25, 0.3) is 5.91 Å². The fourth-order valence-electron chi connectivity index (χ4n) is 1.92. The van der Waals surface area contributed by atoms with E-state index < -0.39 is 33.6 Å². The van der Waals surface area contributed by atoms with E-state index in [9.17, 15) is 22.4 Å². The Kier molecular flexibility index (Phi) is 5.53. The van der Waals surface area contributed by atoms with Gasteiger partial charge in [-0.1, -0.05) is 12.1 Å². The molecular formula is C17H16FNO5S. The van der Waals surface area contributed by atoms with Gasteiger partial charge >= 0.3 is 5.97 Å². The summed E-state index contributed by atoms with van der Waals surface area (Å²) in [5.74, 6) is -2.09. The van der Waals surface area contributed by atoms with Crippen molar-refractivity contribution in [2.24, 2.45) is 0 Å². The Labute approximate surface area is 144 Å². The van der Waals surface area contributed by atoms with Crippen LogP contribution in [0.25, 0.3) is 0 Å². The molecule has 6 nitrogen and oxygen atoms in total. The molecule has 0 aromatic heterocycles. The maximum atomic E-state index is 13.5. The van der Waals surface area contributed by atoms with E-state index in [1.165, 1.54) is 49.4 Å². The second-order valence-corrected chi connectivity index (χ2v) is 7.33. The minimum Gasteiger partial charge on any atom is -0.449 e. The number of para-hydroxylation sites is 1. The SMILES string of the molecule is C[C@@H](OC(=O)c1ccc(S(C)(=O)=O)cc1)C(=O)Nc1ccccc1F. The molecule has 0 aliphatic rings. The number of ether oxygens (including phenoxy) is 1. The Bertz CT molecular complexity index is 894. The van der Waals surface area contributed by atoms with Crippen LogP contribution in [0.15, 0.2) is 53.4 Å². The first-order valence-corrected chi connectivity index (χ1v) is 9.14. The van der Waals surface area contributed by atoms with Crippen molar-refractivity contribution in [1.29, 1.82) is 0 Å². The third-order valence-corrected chi connectivity index (χ3v) is 4.43. The van der Waals surface area contributed by atoms with Crippen molar-refractivity contribution < 1.29 is 27.1 Å². The van der Waals surface area contributed by atoms with Crippen molar-refractivity contribution in [2.45, 2.75) is 17.9 Å². The first-order valence-electron chi connectivity index (χ1n) is 7.25. The van der Waals surface area contributed by atoms with E-state index in [1.54, 1.807) is 6.07 Å². The molecule has 0 radical (unpaired) electrons. The molecule has 0 unspecified atom stereocenters. The van der Waals surface area contributed by atoms with Crippen molar-refractivity contribution in [1.82, 2.24) is 0 Å². The summed E-state index contributed by atoms with van der Waals surface area (Å²) in [5.41, 5.74) is 0.0749. The zero-order valence-electron chi connectivity index (χ0n) is 13.5. The normalized spacial score (nSPS) is 12.3. The number of amides is 1. The summed E-state index contributed by atoms with van der Waals surface area (Å²) >= 11 is 0. The van der Waals surface area contributed by atoms with E-state index in [1.807, 2.05) is 0 Å². The van der Waals surface area contributed by atoms with Gasteiger partial charge in [0.2, 0.25) is 0 Å². The number of hydrogen-bond acceptors (Lipinski definition) is 5. The molecule has 0 spiro atoms. The van der Waals surface area contributed by atoms with Crippen LogP contribution in [0.5, 0.6) is 0 Å². The van der Waals surface area contributed by atoms with E-state index in [0.717, 1.165) is 6.26 Å². The number of rotatable bonds is 5. The molecule has 132 valence electrons. The third kappa shape index (κ3) is 4.87. The maximum absolute atomic E-state index is 13.5. The van der Waals surface area contributed by atoms with Gasteiger partial charge in [-0.15, -0.1) is 0 Å². The first-order chi connectivity index (χ1) is 11.7. The van der Waals surface area contributed by atoms with Crippen molar-refractivity contribution in [3.63, 3.8) is 0 Å². The van der Waals surface area contributed by atoms with Gasteiger partial charge in [-0.2, -0.15) is 0 Å². The number of hydrogen-bond donors (Lipinski definition) is 1. The summed E-state index contributed by atoms with van der Waals surface area (Å²) in [6.07, 6.45) is -0.114. The third-order valence-electron chi connectivity index (χ3n) is 3.30. The summed E-state index contributed by atoms with van der Waals surface area (Å²) in [5, 5.41) is 2.33. The molecule has 2 aromatic carbocycles. The molecule has 1 atom stereocenters. The van der Waals surface area contributed by atoms with Crippen LogP contribution in [-0.4, -0.2) is 32.7 Å². The molecule has 0 bridgehead atoms. The molecule has 0 fully saturated rings. The standard InChI is InChI=1S/C17H16FNO5S/c1-11(16(20)19-15-6-4-3-5-14(15)18)24-17(21)12-7-9-13(10-8-12)25(2,22)23/h3-11H,1-2H3,(H,19,20)/t11-/m1/s1. The number of nitrogens with one attached hydrogen (secondary N) is 1. The molecule has 0 saturated carbocycles. The van der Waals surface area contributed by atoms with E-state index >= 15 is 0 Å². The summed E-state index contributed by atoms with van der Waals surface area (Å²) < 4.78 is 41.3. The van der Waals surface area contributed by atoms with E-state index in [-0.39, 0.29) is 16.1 Å². The molecule has 25 heavy (non-hydrogen) atoms. The van der Waals surface area contributed by atoms with Crippen LogP contribution in [0.2, 0.25) is 0 Å². The number of carbonyl (C=O) groups excluding carboxylic acids is 2. The van der Waals surface area contributed by atoms with Crippen LogP contribution < -0.4 is 5.32 Å². The van der Waals surface area contributed by atoms with Gasteiger partial charge in [-0.05, 0) is 43.3 Å². The number of esters is 1. The lowest BCUT2D eigenvalue weighted by atomic mass is 10.2. The van der Waals surface area contributed by atoms with Crippen LogP contribution in [0.1, 0.15) is 17.3 Å². The largest absolute Gasteiger partial charge is 0.449 e. The summed E-state index contributed by atoms with van der Waals surface area (Å²) in [6, 6.07) is 10.7. The Morgan fingerprint density at radius 2 is 1.68 bits per heavy atom. The fourth-order valence-corrected chi connectivity index (χ4v) is 2.55. The van der Waals surface area contributed by atoms with Crippen molar-refractivity contribution in [3.05, 3.63) is 59.9 Å². The van der Waals surface area contributed by atoms with Crippen LogP contribution in [0, 0.1) is 5.82 Å². The number of benzene rings is 2. The molecule has 0 aliphatic heterocycles. The van der Waals surface area contributed by atoms with Gasteiger partial charge in [-0.25, -0.2) is 17.6 Å². The quantitative estimate of drug-likeness (QED) is 0.822. The molecule has 1 N–H and O–H groups in total. The van der Waals surface area contributed by atoms with Crippen LogP contribution in [-0.2, 0) is 19.4 Å². The summed E-state index contributed by atoms with van der Waals surface area (Å²) in [6.45, 7) is 1.35. The highest BCUT2D eigenvalue weighted by Gasteiger charge is 2.20. The summed E-state index contributed by atoms with van der Waals surface area (Å²) in [7, 11) is -3.37. The van der Waals surface area contributed by atoms with Gasteiger partial charge in [-0.3, -0.25) is 4.79 Å². The molecule has 0 saturated heterocycles. The van der Waals surface area contributed by atoms with Gasteiger partial charge < -0.3 is 10.1 Å². The lowest BCUT2D eigenvalue weighted by Gasteiger charge is -2.14. The predicted octanol–water partition coefficient (Wildman–Crippen LogP) is 2.41. The molecule has 1 amide bonds. The Balaban J connectivity index is 2.02. The van der Waals surface area contributed by atoms with Crippen molar-refractivity contribution in [2.75, 3.05) is 11.6 Å².